The molecular formula is C13H13ClFN5. The summed E-state index contributed by atoms with van der Waals surface area (Å²) in [6, 6.07) is 4.17. The van der Waals surface area contributed by atoms with E-state index in [0.29, 0.717) is 22.4 Å². The number of hydrogen-bond acceptors (Lipinski definition) is 5. The largest absolute Gasteiger partial charge is 0.368 e. The molecule has 2 heterocycles. The van der Waals surface area contributed by atoms with Crippen molar-refractivity contribution in [3.05, 3.63) is 29.0 Å². The molecule has 1 saturated heterocycles. The topological polar surface area (TPSA) is 67.9 Å². The Morgan fingerprint density at radius 1 is 1.10 bits per heavy atom. The van der Waals surface area contributed by atoms with Gasteiger partial charge in [0.25, 0.3) is 0 Å². The average Bonchev–Trinajstić information content (AvgIpc) is 2.90. The van der Waals surface area contributed by atoms with Gasteiger partial charge in [0.15, 0.2) is 5.82 Å². The molecule has 1 fully saturated rings. The van der Waals surface area contributed by atoms with Crippen LogP contribution in [-0.2, 0) is 0 Å². The molecule has 7 heteroatoms. The van der Waals surface area contributed by atoms with Crippen molar-refractivity contribution in [2.75, 3.05) is 23.7 Å². The Bertz CT molecular complexity index is 622. The Labute approximate surface area is 120 Å². The average molecular weight is 294 g/mol. The van der Waals surface area contributed by atoms with E-state index in [-0.39, 0.29) is 5.95 Å². The predicted octanol–water partition coefficient (Wildman–Crippen LogP) is 2.51. The van der Waals surface area contributed by atoms with Crippen molar-refractivity contribution in [1.82, 2.24) is 15.0 Å². The summed E-state index contributed by atoms with van der Waals surface area (Å²) in [5.74, 6) is 0.553. The van der Waals surface area contributed by atoms with Crippen molar-refractivity contribution in [3.8, 4) is 11.4 Å². The zero-order valence-electron chi connectivity index (χ0n) is 10.7. The van der Waals surface area contributed by atoms with Crippen LogP contribution in [0.2, 0.25) is 5.02 Å². The van der Waals surface area contributed by atoms with Crippen molar-refractivity contribution in [2.45, 2.75) is 12.8 Å². The molecule has 0 saturated carbocycles. The Hall–Kier alpha value is -1.95. The molecule has 3 rings (SSSR count). The highest BCUT2D eigenvalue weighted by molar-refractivity contribution is 6.30. The number of halogens is 2. The molecule has 2 aromatic rings. The summed E-state index contributed by atoms with van der Waals surface area (Å²) in [5, 5.41) is 0.293. The smallest absolute Gasteiger partial charge is 0.230 e. The maximum atomic E-state index is 13.4. The van der Waals surface area contributed by atoms with Crippen LogP contribution in [0, 0.1) is 5.82 Å². The van der Waals surface area contributed by atoms with Crippen LogP contribution in [0.4, 0.5) is 16.3 Å². The van der Waals surface area contributed by atoms with Crippen molar-refractivity contribution >= 4 is 23.5 Å². The van der Waals surface area contributed by atoms with Gasteiger partial charge in [0.2, 0.25) is 11.9 Å². The molecule has 2 N–H and O–H groups in total. The van der Waals surface area contributed by atoms with E-state index in [1.165, 1.54) is 12.1 Å². The second-order valence-corrected chi connectivity index (χ2v) is 5.11. The summed E-state index contributed by atoms with van der Waals surface area (Å²) >= 11 is 5.85. The van der Waals surface area contributed by atoms with Gasteiger partial charge in [-0.3, -0.25) is 0 Å². The van der Waals surface area contributed by atoms with Crippen LogP contribution >= 0.6 is 11.6 Å². The normalized spacial score (nSPS) is 14.8. The lowest BCUT2D eigenvalue weighted by Crippen LogP contribution is -2.21. The third-order valence-electron chi connectivity index (χ3n) is 3.15. The third-order valence-corrected chi connectivity index (χ3v) is 3.37. The third kappa shape index (κ3) is 2.65. The fourth-order valence-electron chi connectivity index (χ4n) is 2.25. The summed E-state index contributed by atoms with van der Waals surface area (Å²) < 4.78 is 13.4. The maximum Gasteiger partial charge on any atom is 0.230 e. The molecule has 0 atom stereocenters. The van der Waals surface area contributed by atoms with Gasteiger partial charge < -0.3 is 10.6 Å². The van der Waals surface area contributed by atoms with Gasteiger partial charge in [0.1, 0.15) is 5.82 Å². The van der Waals surface area contributed by atoms with E-state index in [2.05, 4.69) is 15.0 Å². The molecule has 20 heavy (non-hydrogen) atoms. The van der Waals surface area contributed by atoms with E-state index in [4.69, 9.17) is 17.3 Å². The van der Waals surface area contributed by atoms with E-state index in [9.17, 15) is 4.39 Å². The number of nitrogens with two attached hydrogens (primary N) is 1. The number of benzene rings is 1. The summed E-state index contributed by atoms with van der Waals surface area (Å²) in [7, 11) is 0. The van der Waals surface area contributed by atoms with Crippen LogP contribution in [0.5, 0.6) is 0 Å². The minimum Gasteiger partial charge on any atom is -0.368 e. The van der Waals surface area contributed by atoms with E-state index >= 15 is 0 Å². The Balaban J connectivity index is 2.04. The zero-order valence-corrected chi connectivity index (χ0v) is 11.4. The Morgan fingerprint density at radius 3 is 2.55 bits per heavy atom. The Morgan fingerprint density at radius 2 is 1.85 bits per heavy atom. The molecule has 0 unspecified atom stereocenters. The van der Waals surface area contributed by atoms with Crippen molar-refractivity contribution in [1.29, 1.82) is 0 Å². The second kappa shape index (κ2) is 5.20. The number of nitrogens with zero attached hydrogens (tertiary/aromatic N) is 4. The van der Waals surface area contributed by atoms with Gasteiger partial charge in [-0.2, -0.15) is 15.0 Å². The first kappa shape index (κ1) is 13.1. The van der Waals surface area contributed by atoms with Gasteiger partial charge in [-0.15, -0.1) is 0 Å². The van der Waals surface area contributed by atoms with E-state index < -0.39 is 5.82 Å². The molecule has 0 spiro atoms. The van der Waals surface area contributed by atoms with Gasteiger partial charge in [-0.1, -0.05) is 11.6 Å². The second-order valence-electron chi connectivity index (χ2n) is 4.67. The van der Waals surface area contributed by atoms with Crippen LogP contribution in [0.3, 0.4) is 0 Å². The van der Waals surface area contributed by atoms with Crippen molar-refractivity contribution < 1.29 is 4.39 Å². The molecule has 0 bridgehead atoms. The SMILES string of the molecule is Nc1nc(-c2cc(F)cc(Cl)c2)nc(N2CCCC2)n1. The fraction of sp³-hybridized carbons (Fsp3) is 0.308. The van der Waals surface area contributed by atoms with E-state index in [1.54, 1.807) is 6.07 Å². The molecule has 1 aliphatic rings. The van der Waals surface area contributed by atoms with Crippen LogP contribution in [-0.4, -0.2) is 28.0 Å². The lowest BCUT2D eigenvalue weighted by molar-refractivity contribution is 0.628. The minimum absolute atomic E-state index is 0.122. The van der Waals surface area contributed by atoms with E-state index in [0.717, 1.165) is 25.9 Å². The quantitative estimate of drug-likeness (QED) is 0.921. The van der Waals surface area contributed by atoms with Gasteiger partial charge in [-0.05, 0) is 31.0 Å². The maximum absolute atomic E-state index is 13.4. The molecule has 0 aliphatic carbocycles. The van der Waals surface area contributed by atoms with Crippen molar-refractivity contribution in [3.63, 3.8) is 0 Å². The highest BCUT2D eigenvalue weighted by atomic mass is 35.5. The van der Waals surface area contributed by atoms with Gasteiger partial charge in [0, 0.05) is 23.7 Å². The minimum atomic E-state index is -0.436. The van der Waals surface area contributed by atoms with Gasteiger partial charge in [-0.25, -0.2) is 4.39 Å². The molecule has 1 aromatic carbocycles. The summed E-state index contributed by atoms with van der Waals surface area (Å²) in [4.78, 5) is 14.6. The fourth-order valence-corrected chi connectivity index (χ4v) is 2.47. The van der Waals surface area contributed by atoms with Gasteiger partial charge in [0.05, 0.1) is 0 Å². The first-order chi connectivity index (χ1) is 9.61. The molecule has 5 nitrogen and oxygen atoms in total. The molecule has 1 aliphatic heterocycles. The molecule has 0 radical (unpaired) electrons. The molecule has 1 aromatic heterocycles. The predicted molar refractivity (Wildman–Crippen MR) is 76.1 cm³/mol. The lowest BCUT2D eigenvalue weighted by atomic mass is 10.2. The highest BCUT2D eigenvalue weighted by Crippen LogP contribution is 2.24. The molecular weight excluding hydrogens is 281 g/mol. The first-order valence-electron chi connectivity index (χ1n) is 6.35. The van der Waals surface area contributed by atoms with Crippen molar-refractivity contribution in [2.24, 2.45) is 0 Å². The molecule has 0 amide bonds. The van der Waals surface area contributed by atoms with Gasteiger partial charge >= 0.3 is 0 Å². The lowest BCUT2D eigenvalue weighted by Gasteiger charge is -2.15. The summed E-state index contributed by atoms with van der Waals surface area (Å²) in [6.45, 7) is 1.79. The van der Waals surface area contributed by atoms with Crippen LogP contribution in [0.25, 0.3) is 11.4 Å². The highest BCUT2D eigenvalue weighted by Gasteiger charge is 2.17. The van der Waals surface area contributed by atoms with E-state index in [1.807, 2.05) is 4.90 Å². The van der Waals surface area contributed by atoms with Crippen LogP contribution in [0.15, 0.2) is 18.2 Å². The first-order valence-corrected chi connectivity index (χ1v) is 6.72. The summed E-state index contributed by atoms with van der Waals surface area (Å²) in [6.07, 6.45) is 2.21. The number of anilines is 2. The zero-order chi connectivity index (χ0) is 14.1. The standard InChI is InChI=1S/C13H13ClFN5/c14-9-5-8(6-10(15)7-9)11-17-12(16)19-13(18-11)20-3-1-2-4-20/h5-7H,1-4H2,(H2,16,17,18,19). The number of hydrogen-bond donors (Lipinski definition) is 1. The summed E-state index contributed by atoms with van der Waals surface area (Å²) in [5.41, 5.74) is 6.22. The number of rotatable bonds is 2. The number of nitrogen functional groups attached to an aromatic ring is 1. The molecule has 104 valence electrons. The number of aromatic nitrogens is 3. The Kier molecular flexibility index (Phi) is 3.40. The van der Waals surface area contributed by atoms with Crippen LogP contribution < -0.4 is 10.6 Å². The van der Waals surface area contributed by atoms with Crippen LogP contribution in [0.1, 0.15) is 12.8 Å². The monoisotopic (exact) mass is 293 g/mol.